The average Bonchev–Trinajstić information content (AvgIpc) is 2.80. The van der Waals surface area contributed by atoms with Gasteiger partial charge < -0.3 is 0 Å². The summed E-state index contributed by atoms with van der Waals surface area (Å²) in [5.41, 5.74) is 1.96. The van der Waals surface area contributed by atoms with Crippen molar-refractivity contribution in [2.75, 3.05) is 0 Å². The number of aromatic nitrogens is 3. The smallest absolute Gasteiger partial charge is 0.261 e. The van der Waals surface area contributed by atoms with Gasteiger partial charge in [0.25, 0.3) is 5.56 Å². The molecule has 5 heteroatoms. The van der Waals surface area contributed by atoms with Crippen LogP contribution in [-0.4, -0.2) is 20.7 Å². The topological polar surface area (TPSA) is 47.8 Å². The number of fused-ring (bicyclic) bond motifs is 2. The Hall–Kier alpha value is -3.00. The zero-order chi connectivity index (χ0) is 18.1. The van der Waals surface area contributed by atoms with Crippen LogP contribution in [0.1, 0.15) is 30.4 Å². The van der Waals surface area contributed by atoms with Crippen LogP contribution in [0.15, 0.2) is 47.4 Å². The molecule has 2 aromatic heterocycles. The Morgan fingerprint density at radius 1 is 1.23 bits per heavy atom. The van der Waals surface area contributed by atoms with E-state index in [0.29, 0.717) is 41.8 Å². The summed E-state index contributed by atoms with van der Waals surface area (Å²) in [4.78, 5) is 21.6. The maximum absolute atomic E-state index is 14.0. The van der Waals surface area contributed by atoms with Crippen molar-refractivity contribution in [1.29, 1.82) is 0 Å². The molecule has 0 N–H and O–H groups in total. The standard InChI is InChI=1S/C21H18FN3O/c1-14-12-20-24-19-13-15(5-7-16-4-2-3-10-23-16)6-8-17(19)21(26)25(20)11-9-18(14)22/h2-4,6,8,10,13-14,18H,9,11-12H2,1H3/t14-,18-/m1/s1. The predicted octanol–water partition coefficient (Wildman–Crippen LogP) is 3.11. The first-order valence-electron chi connectivity index (χ1n) is 8.72. The molecule has 0 saturated carbocycles. The Bertz CT molecular complexity index is 1080. The van der Waals surface area contributed by atoms with E-state index < -0.39 is 6.17 Å². The van der Waals surface area contributed by atoms with E-state index in [1.54, 1.807) is 16.8 Å². The minimum atomic E-state index is -0.904. The van der Waals surface area contributed by atoms with Crippen LogP contribution in [0.2, 0.25) is 0 Å². The largest absolute Gasteiger partial charge is 0.296 e. The van der Waals surface area contributed by atoms with Crippen LogP contribution in [0, 0.1) is 17.8 Å². The number of benzene rings is 1. The Morgan fingerprint density at radius 3 is 2.92 bits per heavy atom. The Labute approximate surface area is 150 Å². The molecule has 4 rings (SSSR count). The molecule has 2 atom stereocenters. The number of pyridine rings is 1. The van der Waals surface area contributed by atoms with Crippen LogP contribution in [0.5, 0.6) is 0 Å². The van der Waals surface area contributed by atoms with Gasteiger partial charge in [0.1, 0.15) is 17.7 Å². The third-order valence-electron chi connectivity index (χ3n) is 4.78. The zero-order valence-corrected chi connectivity index (χ0v) is 14.4. The minimum Gasteiger partial charge on any atom is -0.296 e. The van der Waals surface area contributed by atoms with Gasteiger partial charge in [-0.25, -0.2) is 14.4 Å². The number of hydrogen-bond acceptors (Lipinski definition) is 3. The average molecular weight is 347 g/mol. The first-order valence-corrected chi connectivity index (χ1v) is 8.72. The molecule has 0 saturated heterocycles. The highest BCUT2D eigenvalue weighted by Crippen LogP contribution is 2.22. The summed E-state index contributed by atoms with van der Waals surface area (Å²) in [5, 5.41) is 0.544. The molecule has 130 valence electrons. The van der Waals surface area contributed by atoms with Crippen LogP contribution < -0.4 is 5.56 Å². The molecule has 0 aliphatic carbocycles. The molecular formula is C21H18FN3O. The molecule has 0 radical (unpaired) electrons. The lowest BCUT2D eigenvalue weighted by molar-refractivity contribution is 0.229. The molecule has 0 amide bonds. The van der Waals surface area contributed by atoms with E-state index in [9.17, 15) is 9.18 Å². The summed E-state index contributed by atoms with van der Waals surface area (Å²) >= 11 is 0. The van der Waals surface area contributed by atoms with Gasteiger partial charge in [0, 0.05) is 24.7 Å². The van der Waals surface area contributed by atoms with Gasteiger partial charge in [0.15, 0.2) is 0 Å². The number of rotatable bonds is 0. The fourth-order valence-corrected chi connectivity index (χ4v) is 3.26. The molecule has 4 nitrogen and oxygen atoms in total. The van der Waals surface area contributed by atoms with E-state index in [-0.39, 0.29) is 11.5 Å². The number of hydrogen-bond donors (Lipinski definition) is 0. The third-order valence-corrected chi connectivity index (χ3v) is 4.78. The van der Waals surface area contributed by atoms with Crippen molar-refractivity contribution in [3.05, 3.63) is 70.0 Å². The Kier molecular flexibility index (Phi) is 4.26. The second-order valence-electron chi connectivity index (χ2n) is 6.67. The molecule has 1 aromatic carbocycles. The van der Waals surface area contributed by atoms with Gasteiger partial charge in [-0.3, -0.25) is 9.36 Å². The number of halogens is 1. The molecule has 26 heavy (non-hydrogen) atoms. The monoisotopic (exact) mass is 347 g/mol. The first kappa shape index (κ1) is 16.5. The molecule has 3 heterocycles. The Balaban J connectivity index is 1.78. The maximum Gasteiger partial charge on any atom is 0.261 e. The van der Waals surface area contributed by atoms with E-state index in [2.05, 4.69) is 21.8 Å². The van der Waals surface area contributed by atoms with Gasteiger partial charge >= 0.3 is 0 Å². The predicted molar refractivity (Wildman–Crippen MR) is 98.6 cm³/mol. The molecule has 0 fully saturated rings. The molecule has 0 spiro atoms. The van der Waals surface area contributed by atoms with Gasteiger partial charge in [-0.1, -0.05) is 18.9 Å². The summed E-state index contributed by atoms with van der Waals surface area (Å²) in [6.45, 7) is 2.25. The lowest BCUT2D eigenvalue weighted by Crippen LogP contribution is -2.24. The van der Waals surface area contributed by atoms with E-state index in [1.165, 1.54) is 0 Å². The highest BCUT2D eigenvalue weighted by atomic mass is 19.1. The summed E-state index contributed by atoms with van der Waals surface area (Å²) in [7, 11) is 0. The van der Waals surface area contributed by atoms with Crippen molar-refractivity contribution in [1.82, 2.24) is 14.5 Å². The van der Waals surface area contributed by atoms with Gasteiger partial charge in [0.2, 0.25) is 0 Å². The van der Waals surface area contributed by atoms with Crippen molar-refractivity contribution < 1.29 is 4.39 Å². The van der Waals surface area contributed by atoms with Gasteiger partial charge in [-0.05, 0) is 48.6 Å². The van der Waals surface area contributed by atoms with E-state index >= 15 is 0 Å². The van der Waals surface area contributed by atoms with Gasteiger partial charge in [-0.15, -0.1) is 0 Å². The fourth-order valence-electron chi connectivity index (χ4n) is 3.26. The van der Waals surface area contributed by atoms with Crippen LogP contribution in [-0.2, 0) is 13.0 Å². The summed E-state index contributed by atoms with van der Waals surface area (Å²) in [6.07, 6.45) is 1.62. The highest BCUT2D eigenvalue weighted by molar-refractivity contribution is 5.79. The normalized spacial score (nSPS) is 19.3. The van der Waals surface area contributed by atoms with Crippen LogP contribution in [0.3, 0.4) is 0 Å². The van der Waals surface area contributed by atoms with E-state index in [0.717, 1.165) is 5.56 Å². The van der Waals surface area contributed by atoms with Crippen LogP contribution in [0.25, 0.3) is 10.9 Å². The van der Waals surface area contributed by atoms with Crippen molar-refractivity contribution in [2.45, 2.75) is 32.5 Å². The second-order valence-corrected chi connectivity index (χ2v) is 6.67. The van der Waals surface area contributed by atoms with Crippen LogP contribution >= 0.6 is 0 Å². The summed E-state index contributed by atoms with van der Waals surface area (Å²) in [6, 6.07) is 10.9. The van der Waals surface area contributed by atoms with E-state index in [4.69, 9.17) is 0 Å². The van der Waals surface area contributed by atoms with Crippen molar-refractivity contribution in [3.8, 4) is 11.8 Å². The van der Waals surface area contributed by atoms with Crippen molar-refractivity contribution in [3.63, 3.8) is 0 Å². The zero-order valence-electron chi connectivity index (χ0n) is 14.4. The molecule has 3 aromatic rings. The number of alkyl halides is 1. The SMILES string of the molecule is C[C@@H]1Cc2nc3cc(C#Cc4ccccn4)ccc3c(=O)n2CC[C@H]1F. The van der Waals surface area contributed by atoms with Crippen molar-refractivity contribution >= 4 is 10.9 Å². The van der Waals surface area contributed by atoms with Crippen LogP contribution in [0.4, 0.5) is 4.39 Å². The van der Waals surface area contributed by atoms with Gasteiger partial charge in [-0.2, -0.15) is 0 Å². The minimum absolute atomic E-state index is 0.101. The quantitative estimate of drug-likeness (QED) is 0.587. The lowest BCUT2D eigenvalue weighted by Gasteiger charge is -2.11. The van der Waals surface area contributed by atoms with Gasteiger partial charge in [0.05, 0.1) is 10.9 Å². The Morgan fingerprint density at radius 2 is 2.12 bits per heavy atom. The van der Waals surface area contributed by atoms with Crippen molar-refractivity contribution in [2.24, 2.45) is 5.92 Å². The summed E-state index contributed by atoms with van der Waals surface area (Å²) < 4.78 is 15.7. The fraction of sp³-hybridized carbons (Fsp3) is 0.286. The first-order chi connectivity index (χ1) is 12.6. The second kappa shape index (κ2) is 6.72. The highest BCUT2D eigenvalue weighted by Gasteiger charge is 2.24. The lowest BCUT2D eigenvalue weighted by atomic mass is 10.0. The third kappa shape index (κ3) is 3.11. The molecule has 1 aliphatic heterocycles. The molecular weight excluding hydrogens is 329 g/mol. The molecule has 0 unspecified atom stereocenters. The van der Waals surface area contributed by atoms with E-state index in [1.807, 2.05) is 37.3 Å². The molecule has 0 bridgehead atoms. The molecule has 1 aliphatic rings. The summed E-state index contributed by atoms with van der Waals surface area (Å²) in [5.74, 6) is 6.58. The maximum atomic E-state index is 14.0. The number of nitrogens with zero attached hydrogens (tertiary/aromatic N) is 3.